The molecule has 1 rings (SSSR count). The number of nitrogens with one attached hydrogen (secondary N) is 1. The lowest BCUT2D eigenvalue weighted by Gasteiger charge is -2.20. The molecule has 0 aliphatic heterocycles. The topological polar surface area (TPSA) is 137 Å². The molecule has 4 N–H and O–H groups in total. The van der Waals surface area contributed by atoms with Crippen LogP contribution in [0.15, 0.2) is 9.31 Å². The number of aromatic carboxylic acids is 1. The summed E-state index contributed by atoms with van der Waals surface area (Å²) in [6.45, 7) is 2.80. The molecule has 9 heteroatoms. The molecule has 0 aliphatic rings. The van der Waals surface area contributed by atoms with E-state index in [9.17, 15) is 18.3 Å². The Morgan fingerprint density at radius 1 is 1.35 bits per heavy atom. The van der Waals surface area contributed by atoms with E-state index in [0.29, 0.717) is 0 Å². The molecule has 1 aromatic rings. The highest BCUT2D eigenvalue weighted by molar-refractivity contribution is 7.89. The van der Waals surface area contributed by atoms with E-state index in [1.807, 2.05) is 0 Å². The van der Waals surface area contributed by atoms with Crippen molar-refractivity contribution in [2.24, 2.45) is 0 Å². The van der Waals surface area contributed by atoms with Gasteiger partial charge in [0.25, 0.3) is 0 Å². The summed E-state index contributed by atoms with van der Waals surface area (Å²) in [5, 5.41) is 27.5. The fraction of sp³-hybridized carbons (Fsp3) is 0.545. The highest BCUT2D eigenvalue weighted by atomic mass is 32.2. The molecule has 20 heavy (non-hydrogen) atoms. The molecule has 0 spiro atoms. The second-order valence-corrected chi connectivity index (χ2v) is 6.41. The molecule has 0 saturated carbocycles. The number of hydrogen-bond acceptors (Lipinski definition) is 6. The van der Waals surface area contributed by atoms with E-state index in [-0.39, 0.29) is 11.5 Å². The van der Waals surface area contributed by atoms with Crippen molar-refractivity contribution in [3.05, 3.63) is 17.1 Å². The van der Waals surface area contributed by atoms with E-state index < -0.39 is 45.2 Å². The van der Waals surface area contributed by atoms with Crippen LogP contribution in [-0.2, 0) is 10.0 Å². The maximum absolute atomic E-state index is 12.1. The number of aryl methyl sites for hydroxylation is 2. The molecular formula is C11H17NO7S. The van der Waals surface area contributed by atoms with E-state index in [2.05, 4.69) is 4.72 Å². The summed E-state index contributed by atoms with van der Waals surface area (Å²) in [7, 11) is -4.18. The van der Waals surface area contributed by atoms with Gasteiger partial charge in [0.2, 0.25) is 10.0 Å². The van der Waals surface area contributed by atoms with Crippen molar-refractivity contribution in [3.63, 3.8) is 0 Å². The van der Waals surface area contributed by atoms with Gasteiger partial charge in [-0.15, -0.1) is 0 Å². The van der Waals surface area contributed by atoms with Gasteiger partial charge in [-0.3, -0.25) is 0 Å². The molecule has 1 unspecified atom stereocenters. The second kappa shape index (κ2) is 5.52. The largest absolute Gasteiger partial charge is 0.478 e. The molecule has 114 valence electrons. The van der Waals surface area contributed by atoms with Crippen LogP contribution in [0.3, 0.4) is 0 Å². The molecule has 1 heterocycles. The molecule has 0 saturated heterocycles. The molecule has 0 amide bonds. The van der Waals surface area contributed by atoms with Crippen LogP contribution in [-0.4, -0.2) is 48.5 Å². The minimum atomic E-state index is -4.18. The highest BCUT2D eigenvalue weighted by Crippen LogP contribution is 2.26. The number of sulfonamides is 1. The van der Waals surface area contributed by atoms with Crippen LogP contribution >= 0.6 is 0 Å². The minimum Gasteiger partial charge on any atom is -0.478 e. The summed E-state index contributed by atoms with van der Waals surface area (Å²) >= 11 is 0. The Kier molecular flexibility index (Phi) is 4.59. The Balaban J connectivity index is 3.20. The van der Waals surface area contributed by atoms with Crippen LogP contribution in [0.1, 0.15) is 28.8 Å². The van der Waals surface area contributed by atoms with Crippen molar-refractivity contribution < 1.29 is 32.9 Å². The number of carbonyl (C=O) groups is 1. The number of hydrogen-bond donors (Lipinski definition) is 4. The van der Waals surface area contributed by atoms with Crippen LogP contribution in [0, 0.1) is 13.8 Å². The summed E-state index contributed by atoms with van der Waals surface area (Å²) in [6, 6.07) is 0. The average molecular weight is 307 g/mol. The van der Waals surface area contributed by atoms with Gasteiger partial charge in [-0.05, 0) is 20.8 Å². The minimum absolute atomic E-state index is 0.0238. The van der Waals surface area contributed by atoms with E-state index in [0.717, 1.165) is 0 Å². The predicted octanol–water partition coefficient (Wildman–Crippen LogP) is -0.384. The maximum Gasteiger partial charge on any atom is 0.340 e. The lowest BCUT2D eigenvalue weighted by Crippen LogP contribution is -2.43. The Hall–Kier alpha value is -1.42. The van der Waals surface area contributed by atoms with E-state index in [1.165, 1.54) is 20.8 Å². The van der Waals surface area contributed by atoms with Crippen molar-refractivity contribution >= 4 is 16.0 Å². The maximum atomic E-state index is 12.1. The van der Waals surface area contributed by atoms with E-state index in [1.54, 1.807) is 0 Å². The highest BCUT2D eigenvalue weighted by Gasteiger charge is 2.32. The molecule has 0 aromatic carbocycles. The average Bonchev–Trinajstić information content (AvgIpc) is 2.63. The van der Waals surface area contributed by atoms with Crippen molar-refractivity contribution in [1.29, 1.82) is 0 Å². The monoisotopic (exact) mass is 307 g/mol. The Labute approximate surface area is 116 Å². The fourth-order valence-corrected chi connectivity index (χ4v) is 3.18. The van der Waals surface area contributed by atoms with Gasteiger partial charge in [-0.1, -0.05) is 0 Å². The number of aliphatic hydroxyl groups is 2. The Bertz CT molecular complexity index is 615. The van der Waals surface area contributed by atoms with Crippen LogP contribution in [0.2, 0.25) is 0 Å². The first kappa shape index (κ1) is 16.6. The smallest absolute Gasteiger partial charge is 0.340 e. The number of carboxylic acids is 1. The van der Waals surface area contributed by atoms with Gasteiger partial charge in [0, 0.05) is 6.54 Å². The van der Waals surface area contributed by atoms with Gasteiger partial charge >= 0.3 is 5.97 Å². The standard InChI is InChI=1S/C11H17NO7S/c1-6-8(10(14)15)9(7(2)19-6)20(17,18)12-4-11(3,16)5-13/h12-13,16H,4-5H2,1-3H3,(H,14,15). The normalized spacial score (nSPS) is 15.1. The molecule has 1 atom stereocenters. The van der Waals surface area contributed by atoms with Crippen LogP contribution in [0.25, 0.3) is 0 Å². The van der Waals surface area contributed by atoms with Gasteiger partial charge in [0.05, 0.1) is 12.2 Å². The Morgan fingerprint density at radius 2 is 1.90 bits per heavy atom. The molecular weight excluding hydrogens is 290 g/mol. The van der Waals surface area contributed by atoms with Crippen LogP contribution in [0.4, 0.5) is 0 Å². The zero-order chi connectivity index (χ0) is 15.7. The fourth-order valence-electron chi connectivity index (χ4n) is 1.61. The van der Waals surface area contributed by atoms with Crippen molar-refractivity contribution in [3.8, 4) is 0 Å². The second-order valence-electron chi connectivity index (χ2n) is 4.70. The third kappa shape index (κ3) is 3.37. The van der Waals surface area contributed by atoms with Crippen LogP contribution < -0.4 is 4.72 Å². The van der Waals surface area contributed by atoms with Gasteiger partial charge in [0.15, 0.2) is 0 Å². The zero-order valence-electron chi connectivity index (χ0n) is 11.3. The zero-order valence-corrected chi connectivity index (χ0v) is 12.1. The molecule has 1 aromatic heterocycles. The van der Waals surface area contributed by atoms with Gasteiger partial charge in [-0.2, -0.15) is 0 Å². The van der Waals surface area contributed by atoms with Crippen LogP contribution in [0.5, 0.6) is 0 Å². The van der Waals surface area contributed by atoms with Crippen molar-refractivity contribution in [2.45, 2.75) is 31.3 Å². The molecule has 0 radical (unpaired) electrons. The SMILES string of the molecule is Cc1oc(C)c(S(=O)(=O)NCC(C)(O)CO)c1C(=O)O. The Morgan fingerprint density at radius 3 is 2.35 bits per heavy atom. The number of carboxylic acid groups (broad SMARTS) is 1. The first-order valence-electron chi connectivity index (χ1n) is 5.68. The summed E-state index contributed by atoms with van der Waals surface area (Å²) < 4.78 is 31.3. The van der Waals surface area contributed by atoms with Crippen molar-refractivity contribution in [2.75, 3.05) is 13.2 Å². The third-order valence-electron chi connectivity index (χ3n) is 2.67. The first-order valence-corrected chi connectivity index (χ1v) is 7.16. The van der Waals surface area contributed by atoms with E-state index >= 15 is 0 Å². The molecule has 0 bridgehead atoms. The summed E-state index contributed by atoms with van der Waals surface area (Å²) in [4.78, 5) is 10.6. The number of aliphatic hydroxyl groups excluding tert-OH is 1. The molecule has 0 fully saturated rings. The lowest BCUT2D eigenvalue weighted by molar-refractivity contribution is 0.00680. The third-order valence-corrected chi connectivity index (χ3v) is 4.22. The van der Waals surface area contributed by atoms with Gasteiger partial charge < -0.3 is 19.7 Å². The summed E-state index contributed by atoms with van der Waals surface area (Å²) in [6.07, 6.45) is 0. The quantitative estimate of drug-likeness (QED) is 0.562. The lowest BCUT2D eigenvalue weighted by atomic mass is 10.1. The molecule has 0 aliphatic carbocycles. The van der Waals surface area contributed by atoms with E-state index in [4.69, 9.17) is 14.6 Å². The van der Waals surface area contributed by atoms with Gasteiger partial charge in [0.1, 0.15) is 22.0 Å². The van der Waals surface area contributed by atoms with Crippen molar-refractivity contribution in [1.82, 2.24) is 4.72 Å². The number of furan rings is 1. The first-order chi connectivity index (χ1) is 9.02. The predicted molar refractivity (Wildman–Crippen MR) is 68.0 cm³/mol. The molecule has 8 nitrogen and oxygen atoms in total. The van der Waals surface area contributed by atoms with Gasteiger partial charge in [-0.25, -0.2) is 17.9 Å². The summed E-state index contributed by atoms with van der Waals surface area (Å²) in [5.41, 5.74) is -2.10. The summed E-state index contributed by atoms with van der Waals surface area (Å²) in [5.74, 6) is -1.51. The number of rotatable bonds is 6.